The van der Waals surface area contributed by atoms with E-state index < -0.39 is 0 Å². The minimum Gasteiger partial charge on any atom is -0.466 e. The molecular formula is C21H26BrNO4. The number of cyclic esters (lactones) is 1. The van der Waals surface area contributed by atoms with Crippen LogP contribution in [0, 0.1) is 29.1 Å². The number of rotatable bonds is 4. The molecule has 2 fully saturated rings. The lowest BCUT2D eigenvalue weighted by Crippen LogP contribution is -2.50. The lowest BCUT2D eigenvalue weighted by atomic mass is 9.53. The van der Waals surface area contributed by atoms with Crippen LogP contribution >= 0.6 is 15.9 Å². The lowest BCUT2D eigenvalue weighted by Gasteiger charge is -2.49. The summed E-state index contributed by atoms with van der Waals surface area (Å²) in [5.41, 5.74) is 0.497. The number of fused-ring (bicyclic) bond motifs is 1. The van der Waals surface area contributed by atoms with Crippen molar-refractivity contribution in [2.75, 3.05) is 6.61 Å². The van der Waals surface area contributed by atoms with E-state index in [0.29, 0.717) is 6.61 Å². The van der Waals surface area contributed by atoms with Crippen LogP contribution in [0.4, 0.5) is 0 Å². The molecule has 1 aliphatic heterocycles. The summed E-state index contributed by atoms with van der Waals surface area (Å²) < 4.78 is 11.9. The standard InChI is InChI=1S/C21H26BrNO4/c1-12-9-17-19(13(2)27-20(17)25)21(4,18(12)11-26-14(3)24)8-7-16-6-5-15(22)10-23-16/h5-8,10,12-13,17-19H,9,11H2,1-4H3/b8-7+/t12-,13+,17+,18?,19+,21-/m0/s1. The number of ether oxygens (including phenoxy) is 2. The molecule has 5 nitrogen and oxygen atoms in total. The molecule has 2 aliphatic rings. The first-order chi connectivity index (χ1) is 12.7. The lowest BCUT2D eigenvalue weighted by molar-refractivity contribution is -0.148. The number of allylic oxidation sites excluding steroid dienone is 1. The molecule has 0 aromatic carbocycles. The van der Waals surface area contributed by atoms with E-state index in [-0.39, 0.29) is 47.1 Å². The van der Waals surface area contributed by atoms with Gasteiger partial charge in [0.05, 0.1) is 18.2 Å². The number of pyridine rings is 1. The van der Waals surface area contributed by atoms with Crippen molar-refractivity contribution in [1.29, 1.82) is 0 Å². The molecule has 2 heterocycles. The van der Waals surface area contributed by atoms with Crippen LogP contribution in [-0.2, 0) is 19.1 Å². The molecule has 6 heteroatoms. The summed E-state index contributed by atoms with van der Waals surface area (Å²) in [6.45, 7) is 8.02. The van der Waals surface area contributed by atoms with Gasteiger partial charge in [0.2, 0.25) is 0 Å². The van der Waals surface area contributed by atoms with E-state index in [9.17, 15) is 9.59 Å². The van der Waals surface area contributed by atoms with Crippen molar-refractivity contribution in [2.45, 2.75) is 40.2 Å². The highest BCUT2D eigenvalue weighted by atomic mass is 79.9. The number of aromatic nitrogens is 1. The summed E-state index contributed by atoms with van der Waals surface area (Å²) in [6, 6.07) is 3.89. The van der Waals surface area contributed by atoms with Gasteiger partial charge >= 0.3 is 11.9 Å². The average molecular weight is 436 g/mol. The summed E-state index contributed by atoms with van der Waals surface area (Å²) in [7, 11) is 0. The van der Waals surface area contributed by atoms with E-state index in [0.717, 1.165) is 16.6 Å². The molecule has 0 N–H and O–H groups in total. The molecule has 1 aromatic rings. The van der Waals surface area contributed by atoms with Crippen LogP contribution < -0.4 is 0 Å². The van der Waals surface area contributed by atoms with Crippen LogP contribution in [0.3, 0.4) is 0 Å². The SMILES string of the molecule is CC(=O)OCC1[C@@H](C)C[C@H]2C(=O)O[C@H](C)[C@H]2[C@@]1(C)/C=C/c1ccc(Br)cn1. The third-order valence-corrected chi connectivity index (χ3v) is 6.67. The van der Waals surface area contributed by atoms with Crippen LogP contribution in [0.2, 0.25) is 0 Å². The van der Waals surface area contributed by atoms with Crippen molar-refractivity contribution in [3.05, 3.63) is 34.6 Å². The smallest absolute Gasteiger partial charge is 0.309 e. The fourth-order valence-corrected chi connectivity index (χ4v) is 5.20. The van der Waals surface area contributed by atoms with Gasteiger partial charge in [0, 0.05) is 29.4 Å². The van der Waals surface area contributed by atoms with E-state index in [4.69, 9.17) is 9.47 Å². The average Bonchev–Trinajstić information content (AvgIpc) is 2.88. The second-order valence-corrected chi connectivity index (χ2v) is 8.91. The highest BCUT2D eigenvalue weighted by Crippen LogP contribution is 2.56. The predicted octanol–water partition coefficient (Wildman–Crippen LogP) is 4.26. The highest BCUT2D eigenvalue weighted by Gasteiger charge is 2.58. The van der Waals surface area contributed by atoms with Crippen molar-refractivity contribution in [3.63, 3.8) is 0 Å². The Labute approximate surface area is 168 Å². The van der Waals surface area contributed by atoms with Gasteiger partial charge in [-0.05, 0) is 58.8 Å². The Morgan fingerprint density at radius 3 is 2.81 bits per heavy atom. The number of carbonyl (C=O) groups excluding carboxylic acids is 2. The van der Waals surface area contributed by atoms with Crippen LogP contribution in [-0.4, -0.2) is 29.6 Å². The monoisotopic (exact) mass is 435 g/mol. The zero-order valence-corrected chi connectivity index (χ0v) is 17.7. The number of halogens is 1. The third kappa shape index (κ3) is 3.96. The maximum atomic E-state index is 12.4. The highest BCUT2D eigenvalue weighted by molar-refractivity contribution is 9.10. The Balaban J connectivity index is 1.97. The first-order valence-corrected chi connectivity index (χ1v) is 10.2. The first-order valence-electron chi connectivity index (χ1n) is 9.37. The van der Waals surface area contributed by atoms with Gasteiger partial charge in [-0.3, -0.25) is 14.6 Å². The van der Waals surface area contributed by atoms with E-state index in [1.165, 1.54) is 6.92 Å². The molecule has 146 valence electrons. The molecular weight excluding hydrogens is 410 g/mol. The summed E-state index contributed by atoms with van der Waals surface area (Å²) in [6.07, 6.45) is 6.50. The zero-order valence-electron chi connectivity index (χ0n) is 16.1. The van der Waals surface area contributed by atoms with Gasteiger partial charge in [0.1, 0.15) is 6.10 Å². The van der Waals surface area contributed by atoms with Gasteiger partial charge < -0.3 is 9.47 Å². The second-order valence-electron chi connectivity index (χ2n) is 8.00. The molecule has 0 amide bonds. The fraction of sp³-hybridized carbons (Fsp3) is 0.571. The summed E-state index contributed by atoms with van der Waals surface area (Å²) in [5.74, 6) is -0.115. The Bertz CT molecular complexity index is 747. The molecule has 1 aromatic heterocycles. The molecule has 1 saturated heterocycles. The van der Waals surface area contributed by atoms with Crippen molar-refractivity contribution in [2.24, 2.45) is 29.1 Å². The second kappa shape index (κ2) is 7.74. The van der Waals surface area contributed by atoms with Gasteiger partial charge in [0.15, 0.2) is 0 Å². The van der Waals surface area contributed by atoms with Crippen molar-refractivity contribution in [1.82, 2.24) is 4.98 Å². The van der Waals surface area contributed by atoms with Gasteiger partial charge in [0.25, 0.3) is 0 Å². The van der Waals surface area contributed by atoms with Crippen LogP contribution in [0.25, 0.3) is 6.08 Å². The van der Waals surface area contributed by atoms with E-state index in [1.807, 2.05) is 25.1 Å². The summed E-state index contributed by atoms with van der Waals surface area (Å²) in [4.78, 5) is 28.2. The number of esters is 2. The predicted molar refractivity (Wildman–Crippen MR) is 106 cm³/mol. The summed E-state index contributed by atoms with van der Waals surface area (Å²) >= 11 is 3.40. The largest absolute Gasteiger partial charge is 0.466 e. The van der Waals surface area contributed by atoms with E-state index >= 15 is 0 Å². The maximum Gasteiger partial charge on any atom is 0.309 e. The van der Waals surface area contributed by atoms with Crippen molar-refractivity contribution >= 4 is 33.9 Å². The molecule has 0 bridgehead atoms. The molecule has 1 aliphatic carbocycles. The molecule has 0 spiro atoms. The maximum absolute atomic E-state index is 12.4. The Morgan fingerprint density at radius 1 is 1.44 bits per heavy atom. The zero-order chi connectivity index (χ0) is 19.8. The van der Waals surface area contributed by atoms with Gasteiger partial charge in [-0.15, -0.1) is 0 Å². The Morgan fingerprint density at radius 2 is 2.19 bits per heavy atom. The first kappa shape index (κ1) is 20.1. The van der Waals surface area contributed by atoms with Gasteiger partial charge in [-0.2, -0.15) is 0 Å². The Hall–Kier alpha value is -1.69. The normalized spacial score (nSPS) is 35.7. The van der Waals surface area contributed by atoms with E-state index in [1.54, 1.807) is 6.20 Å². The van der Waals surface area contributed by atoms with Crippen LogP contribution in [0.5, 0.6) is 0 Å². The molecule has 6 atom stereocenters. The number of hydrogen-bond donors (Lipinski definition) is 0. The van der Waals surface area contributed by atoms with E-state index in [2.05, 4.69) is 40.8 Å². The quantitative estimate of drug-likeness (QED) is 0.660. The van der Waals surface area contributed by atoms with Gasteiger partial charge in [-0.1, -0.05) is 19.9 Å². The minimum absolute atomic E-state index is 0.0495. The van der Waals surface area contributed by atoms with Gasteiger partial charge in [-0.25, -0.2) is 0 Å². The minimum atomic E-state index is -0.349. The van der Waals surface area contributed by atoms with Crippen molar-refractivity contribution < 1.29 is 19.1 Å². The molecule has 1 unspecified atom stereocenters. The number of nitrogens with zero attached hydrogens (tertiary/aromatic N) is 1. The Kier molecular flexibility index (Phi) is 5.75. The van der Waals surface area contributed by atoms with Crippen LogP contribution in [0.15, 0.2) is 28.9 Å². The molecule has 3 rings (SSSR count). The molecule has 1 saturated carbocycles. The molecule has 27 heavy (non-hydrogen) atoms. The molecule has 0 radical (unpaired) electrons. The topological polar surface area (TPSA) is 65.5 Å². The fourth-order valence-electron chi connectivity index (χ4n) is 4.96. The van der Waals surface area contributed by atoms with Crippen LogP contribution in [0.1, 0.15) is 39.8 Å². The number of carbonyl (C=O) groups is 2. The van der Waals surface area contributed by atoms with Crippen molar-refractivity contribution in [3.8, 4) is 0 Å². The summed E-state index contributed by atoms with van der Waals surface area (Å²) in [5, 5.41) is 0. The third-order valence-electron chi connectivity index (χ3n) is 6.20. The number of hydrogen-bond acceptors (Lipinski definition) is 5.